The molecule has 0 saturated carbocycles. The second-order valence-corrected chi connectivity index (χ2v) is 8.54. The van der Waals surface area contributed by atoms with E-state index in [0.29, 0.717) is 0 Å². The highest BCUT2D eigenvalue weighted by Gasteiger charge is 2.24. The van der Waals surface area contributed by atoms with Gasteiger partial charge in [-0.2, -0.15) is 0 Å². The third-order valence-corrected chi connectivity index (χ3v) is 6.32. The first-order chi connectivity index (χ1) is 10.3. The normalized spacial score (nSPS) is 19.2. The SMILES string of the molecule is CC(NC(=O)C1CSCN1)c1ccc(S(=O)(=O)N(C)C)cc1.Cl. The number of nitrogens with one attached hydrogen (secondary N) is 2. The van der Waals surface area contributed by atoms with E-state index in [-0.39, 0.29) is 35.3 Å². The fraction of sp³-hybridized carbons (Fsp3) is 0.500. The zero-order valence-electron chi connectivity index (χ0n) is 13.3. The second-order valence-electron chi connectivity index (χ2n) is 5.36. The Hall–Kier alpha value is -0.800. The molecule has 130 valence electrons. The van der Waals surface area contributed by atoms with Crippen molar-refractivity contribution in [1.82, 2.24) is 14.9 Å². The molecule has 1 heterocycles. The third kappa shape index (κ3) is 4.84. The van der Waals surface area contributed by atoms with Crippen molar-refractivity contribution in [3.63, 3.8) is 0 Å². The van der Waals surface area contributed by atoms with E-state index in [4.69, 9.17) is 0 Å². The summed E-state index contributed by atoms with van der Waals surface area (Å²) in [5.41, 5.74) is 0.872. The topological polar surface area (TPSA) is 78.5 Å². The molecule has 2 rings (SSSR count). The molecule has 0 aromatic heterocycles. The molecule has 6 nitrogen and oxygen atoms in total. The maximum absolute atomic E-state index is 12.1. The minimum absolute atomic E-state index is 0. The number of amides is 1. The van der Waals surface area contributed by atoms with Gasteiger partial charge in [-0.25, -0.2) is 12.7 Å². The van der Waals surface area contributed by atoms with Crippen LogP contribution in [0.2, 0.25) is 0 Å². The van der Waals surface area contributed by atoms with Gasteiger partial charge in [-0.05, 0) is 24.6 Å². The maximum Gasteiger partial charge on any atom is 0.242 e. The summed E-state index contributed by atoms with van der Waals surface area (Å²) < 4.78 is 25.2. The van der Waals surface area contributed by atoms with Gasteiger partial charge in [0.2, 0.25) is 15.9 Å². The van der Waals surface area contributed by atoms with Crippen molar-refractivity contribution >= 4 is 40.1 Å². The van der Waals surface area contributed by atoms with E-state index in [1.165, 1.54) is 18.4 Å². The highest BCUT2D eigenvalue weighted by molar-refractivity contribution is 7.99. The number of halogens is 1. The molecular formula is C14H22ClN3O3S2. The molecular weight excluding hydrogens is 358 g/mol. The Bertz CT molecular complexity index is 629. The minimum atomic E-state index is -3.42. The molecule has 1 fully saturated rings. The molecule has 1 amide bonds. The van der Waals surface area contributed by atoms with E-state index in [1.807, 2.05) is 6.92 Å². The Morgan fingerprint density at radius 3 is 2.43 bits per heavy atom. The van der Waals surface area contributed by atoms with Gasteiger partial charge in [-0.15, -0.1) is 24.2 Å². The van der Waals surface area contributed by atoms with Crippen LogP contribution in [0.5, 0.6) is 0 Å². The van der Waals surface area contributed by atoms with E-state index >= 15 is 0 Å². The van der Waals surface area contributed by atoms with Crippen LogP contribution in [-0.2, 0) is 14.8 Å². The lowest BCUT2D eigenvalue weighted by atomic mass is 10.1. The Morgan fingerprint density at radius 2 is 1.96 bits per heavy atom. The van der Waals surface area contributed by atoms with Gasteiger partial charge in [-0.3, -0.25) is 10.1 Å². The van der Waals surface area contributed by atoms with Crippen LogP contribution in [0.25, 0.3) is 0 Å². The van der Waals surface area contributed by atoms with Gasteiger partial charge >= 0.3 is 0 Å². The number of thioether (sulfide) groups is 1. The number of carbonyl (C=O) groups is 1. The quantitative estimate of drug-likeness (QED) is 0.803. The van der Waals surface area contributed by atoms with Crippen LogP contribution < -0.4 is 10.6 Å². The smallest absolute Gasteiger partial charge is 0.242 e. The lowest BCUT2D eigenvalue weighted by Gasteiger charge is -2.18. The van der Waals surface area contributed by atoms with Gasteiger partial charge in [0.05, 0.1) is 17.0 Å². The van der Waals surface area contributed by atoms with Crippen LogP contribution in [0.4, 0.5) is 0 Å². The molecule has 2 unspecified atom stereocenters. The van der Waals surface area contributed by atoms with Crippen LogP contribution >= 0.6 is 24.2 Å². The highest BCUT2D eigenvalue weighted by Crippen LogP contribution is 2.19. The summed E-state index contributed by atoms with van der Waals surface area (Å²) in [6.45, 7) is 1.88. The van der Waals surface area contributed by atoms with E-state index < -0.39 is 10.0 Å². The zero-order chi connectivity index (χ0) is 16.3. The molecule has 0 aliphatic carbocycles. The monoisotopic (exact) mass is 379 g/mol. The molecule has 1 aromatic carbocycles. The second kappa shape index (κ2) is 8.34. The molecule has 9 heteroatoms. The molecule has 1 saturated heterocycles. The Kier molecular flexibility index (Phi) is 7.34. The summed E-state index contributed by atoms with van der Waals surface area (Å²) in [7, 11) is -0.425. The van der Waals surface area contributed by atoms with E-state index in [2.05, 4.69) is 10.6 Å². The summed E-state index contributed by atoms with van der Waals surface area (Å²) in [5.74, 6) is 1.55. The summed E-state index contributed by atoms with van der Waals surface area (Å²) in [6.07, 6.45) is 0. The van der Waals surface area contributed by atoms with Crippen molar-refractivity contribution in [2.24, 2.45) is 0 Å². The Balaban J connectivity index is 0.00000264. The van der Waals surface area contributed by atoms with Gasteiger partial charge < -0.3 is 5.32 Å². The number of nitrogens with zero attached hydrogens (tertiary/aromatic N) is 1. The molecule has 0 bridgehead atoms. The van der Waals surface area contributed by atoms with Gasteiger partial charge in [0, 0.05) is 25.7 Å². The first kappa shape index (κ1) is 20.2. The van der Waals surface area contributed by atoms with E-state index in [9.17, 15) is 13.2 Å². The predicted octanol–water partition coefficient (Wildman–Crippen LogP) is 1.20. The first-order valence-corrected chi connectivity index (χ1v) is 9.56. The Labute approximate surface area is 147 Å². The van der Waals surface area contributed by atoms with Gasteiger partial charge in [0.1, 0.15) is 0 Å². The summed E-state index contributed by atoms with van der Waals surface area (Å²) in [4.78, 5) is 12.3. The number of hydrogen-bond acceptors (Lipinski definition) is 5. The molecule has 0 spiro atoms. The highest BCUT2D eigenvalue weighted by atomic mass is 35.5. The van der Waals surface area contributed by atoms with E-state index in [1.54, 1.807) is 36.0 Å². The number of hydrogen-bond donors (Lipinski definition) is 2. The average molecular weight is 380 g/mol. The number of benzene rings is 1. The van der Waals surface area contributed by atoms with Crippen molar-refractivity contribution in [1.29, 1.82) is 0 Å². The van der Waals surface area contributed by atoms with Crippen molar-refractivity contribution < 1.29 is 13.2 Å². The first-order valence-electron chi connectivity index (χ1n) is 6.96. The third-order valence-electron chi connectivity index (χ3n) is 3.55. The molecule has 0 radical (unpaired) electrons. The number of carbonyl (C=O) groups excluding carboxylic acids is 1. The largest absolute Gasteiger partial charge is 0.348 e. The summed E-state index contributed by atoms with van der Waals surface area (Å²) in [6, 6.07) is 6.28. The standard InChI is InChI=1S/C14H21N3O3S2.ClH/c1-10(16-14(18)13-8-21-9-15-13)11-4-6-12(7-5-11)22(19,20)17(2)3;/h4-7,10,13,15H,8-9H2,1-3H3,(H,16,18);1H. The molecule has 1 aromatic rings. The Morgan fingerprint density at radius 1 is 1.35 bits per heavy atom. The van der Waals surface area contributed by atoms with Crippen LogP contribution in [0.3, 0.4) is 0 Å². The summed E-state index contributed by atoms with van der Waals surface area (Å²) >= 11 is 1.70. The van der Waals surface area contributed by atoms with Crippen molar-refractivity contribution in [3.8, 4) is 0 Å². The van der Waals surface area contributed by atoms with Crippen LogP contribution in [-0.4, -0.2) is 50.4 Å². The lowest BCUT2D eigenvalue weighted by Crippen LogP contribution is -2.42. The predicted molar refractivity (Wildman–Crippen MR) is 95.4 cm³/mol. The fourth-order valence-electron chi connectivity index (χ4n) is 2.10. The van der Waals surface area contributed by atoms with Crippen LogP contribution in [0.1, 0.15) is 18.5 Å². The lowest BCUT2D eigenvalue weighted by molar-refractivity contribution is -0.123. The van der Waals surface area contributed by atoms with Gasteiger partial charge in [-0.1, -0.05) is 12.1 Å². The summed E-state index contributed by atoms with van der Waals surface area (Å²) in [5, 5.41) is 6.07. The van der Waals surface area contributed by atoms with Crippen molar-refractivity contribution in [3.05, 3.63) is 29.8 Å². The minimum Gasteiger partial charge on any atom is -0.348 e. The van der Waals surface area contributed by atoms with Crippen molar-refractivity contribution in [2.75, 3.05) is 25.7 Å². The molecule has 23 heavy (non-hydrogen) atoms. The van der Waals surface area contributed by atoms with E-state index in [0.717, 1.165) is 17.2 Å². The average Bonchev–Trinajstić information content (AvgIpc) is 3.01. The molecule has 1 aliphatic rings. The number of sulfonamides is 1. The molecule has 2 N–H and O–H groups in total. The fourth-order valence-corrected chi connectivity index (χ4v) is 3.94. The molecule has 2 atom stereocenters. The van der Waals surface area contributed by atoms with Crippen molar-refractivity contribution in [2.45, 2.75) is 23.9 Å². The maximum atomic E-state index is 12.1. The molecule has 1 aliphatic heterocycles. The zero-order valence-corrected chi connectivity index (χ0v) is 15.7. The van der Waals surface area contributed by atoms with Gasteiger partial charge in [0.25, 0.3) is 0 Å². The van der Waals surface area contributed by atoms with Crippen LogP contribution in [0.15, 0.2) is 29.2 Å². The van der Waals surface area contributed by atoms with Gasteiger partial charge in [0.15, 0.2) is 0 Å². The number of rotatable bonds is 5. The van der Waals surface area contributed by atoms with Crippen LogP contribution in [0, 0.1) is 0 Å².